The number of rotatable bonds is 9. The second kappa shape index (κ2) is 9.40. The number of hydrogen-bond donors (Lipinski definition) is 1. The van der Waals surface area contributed by atoms with E-state index in [0.29, 0.717) is 34.0 Å². The standard InChI is InChI=1S/C24H26N2O5S/c1-5-26(19-9-7-6-8-10-19)32(29,30)21-13-11-20(12-14-21)31-15-22(28)24-16(2)23(18(4)27)17(3)25-24/h6-14,25H,5,15H2,1-4H3. The van der Waals surface area contributed by atoms with Crippen molar-refractivity contribution in [2.45, 2.75) is 32.6 Å². The molecule has 0 aliphatic carbocycles. The van der Waals surface area contributed by atoms with Gasteiger partial charge in [0.1, 0.15) is 5.75 Å². The van der Waals surface area contributed by atoms with Crippen LogP contribution in [0.1, 0.15) is 46.0 Å². The fourth-order valence-electron chi connectivity index (χ4n) is 3.70. The average molecular weight is 455 g/mol. The van der Waals surface area contributed by atoms with Gasteiger partial charge in [-0.25, -0.2) is 8.42 Å². The molecule has 0 fully saturated rings. The van der Waals surface area contributed by atoms with E-state index in [4.69, 9.17) is 4.74 Å². The maximum absolute atomic E-state index is 13.1. The Morgan fingerprint density at radius 2 is 1.62 bits per heavy atom. The number of hydrogen-bond acceptors (Lipinski definition) is 5. The molecule has 1 aromatic heterocycles. The van der Waals surface area contributed by atoms with Crippen LogP contribution in [0.4, 0.5) is 5.69 Å². The Balaban J connectivity index is 1.73. The fourth-order valence-corrected chi connectivity index (χ4v) is 5.17. The van der Waals surface area contributed by atoms with Crippen molar-refractivity contribution in [2.24, 2.45) is 0 Å². The van der Waals surface area contributed by atoms with Crippen LogP contribution >= 0.6 is 0 Å². The van der Waals surface area contributed by atoms with E-state index in [1.54, 1.807) is 45.0 Å². The summed E-state index contributed by atoms with van der Waals surface area (Å²) in [4.78, 5) is 27.4. The van der Waals surface area contributed by atoms with Crippen LogP contribution in [0.2, 0.25) is 0 Å². The van der Waals surface area contributed by atoms with E-state index in [-0.39, 0.29) is 29.6 Å². The Labute approximate surface area is 188 Å². The first-order valence-corrected chi connectivity index (χ1v) is 11.6. The van der Waals surface area contributed by atoms with E-state index in [1.165, 1.54) is 35.5 Å². The molecule has 3 rings (SSSR count). The molecule has 32 heavy (non-hydrogen) atoms. The summed E-state index contributed by atoms with van der Waals surface area (Å²) in [5, 5.41) is 0. The molecule has 0 saturated heterocycles. The predicted molar refractivity (Wildman–Crippen MR) is 123 cm³/mol. The van der Waals surface area contributed by atoms with Crippen LogP contribution in [0, 0.1) is 13.8 Å². The van der Waals surface area contributed by atoms with Gasteiger partial charge in [-0.05, 0) is 69.7 Å². The molecule has 0 bridgehead atoms. The Morgan fingerprint density at radius 3 is 2.16 bits per heavy atom. The molecule has 0 unspecified atom stereocenters. The van der Waals surface area contributed by atoms with Gasteiger partial charge in [0.2, 0.25) is 5.78 Å². The number of nitrogens with one attached hydrogen (secondary N) is 1. The number of aryl methyl sites for hydroxylation is 1. The van der Waals surface area contributed by atoms with Crippen molar-refractivity contribution >= 4 is 27.3 Å². The molecule has 3 aromatic rings. The first-order chi connectivity index (χ1) is 15.2. The van der Waals surface area contributed by atoms with Crippen molar-refractivity contribution < 1.29 is 22.7 Å². The largest absolute Gasteiger partial charge is 0.485 e. The number of sulfonamides is 1. The van der Waals surface area contributed by atoms with Crippen LogP contribution in [0.15, 0.2) is 59.5 Å². The zero-order chi connectivity index (χ0) is 23.5. The molecule has 0 spiro atoms. The molecule has 8 heteroatoms. The monoisotopic (exact) mass is 454 g/mol. The molecule has 0 aliphatic heterocycles. The lowest BCUT2D eigenvalue weighted by Gasteiger charge is -2.23. The summed E-state index contributed by atoms with van der Waals surface area (Å²) in [6.07, 6.45) is 0. The summed E-state index contributed by atoms with van der Waals surface area (Å²) in [5.41, 5.74) is 2.69. The van der Waals surface area contributed by atoms with Crippen LogP contribution in [-0.2, 0) is 10.0 Å². The Kier molecular flexibility index (Phi) is 6.84. The van der Waals surface area contributed by atoms with Crippen LogP contribution in [-0.4, -0.2) is 38.1 Å². The minimum Gasteiger partial charge on any atom is -0.485 e. The third-order valence-electron chi connectivity index (χ3n) is 5.18. The zero-order valence-corrected chi connectivity index (χ0v) is 19.3. The van der Waals surface area contributed by atoms with Gasteiger partial charge in [-0.3, -0.25) is 13.9 Å². The second-order valence-electron chi connectivity index (χ2n) is 7.37. The van der Waals surface area contributed by atoms with Crippen LogP contribution in [0.25, 0.3) is 0 Å². The van der Waals surface area contributed by atoms with Gasteiger partial charge in [-0.1, -0.05) is 18.2 Å². The van der Waals surface area contributed by atoms with Gasteiger partial charge in [-0.15, -0.1) is 0 Å². The van der Waals surface area contributed by atoms with Gasteiger partial charge >= 0.3 is 0 Å². The maximum Gasteiger partial charge on any atom is 0.264 e. The van der Waals surface area contributed by atoms with Crippen LogP contribution in [0.5, 0.6) is 5.75 Å². The van der Waals surface area contributed by atoms with Gasteiger partial charge in [0.15, 0.2) is 12.4 Å². The molecular weight excluding hydrogens is 428 g/mol. The first kappa shape index (κ1) is 23.3. The number of para-hydroxylation sites is 1. The van der Waals surface area contributed by atoms with E-state index in [2.05, 4.69) is 4.98 Å². The molecule has 1 N–H and O–H groups in total. The number of carbonyl (C=O) groups excluding carboxylic acids is 2. The van der Waals surface area contributed by atoms with Crippen molar-refractivity contribution in [3.8, 4) is 5.75 Å². The number of Topliss-reactive ketones (excluding diaryl/α,β-unsaturated/α-hetero) is 2. The summed E-state index contributed by atoms with van der Waals surface area (Å²) in [6.45, 7) is 6.75. The molecule has 1 heterocycles. The molecule has 0 amide bonds. The Bertz CT molecular complexity index is 1230. The number of H-pyrrole nitrogens is 1. The SMILES string of the molecule is CCN(c1ccccc1)S(=O)(=O)c1ccc(OCC(=O)c2[nH]c(C)c(C(C)=O)c2C)cc1. The minimum absolute atomic E-state index is 0.107. The van der Waals surface area contributed by atoms with E-state index < -0.39 is 10.0 Å². The topological polar surface area (TPSA) is 96.5 Å². The number of carbonyl (C=O) groups is 2. The number of aromatic nitrogens is 1. The van der Waals surface area contributed by atoms with Crippen LogP contribution in [0.3, 0.4) is 0 Å². The fraction of sp³-hybridized carbons (Fsp3) is 0.250. The number of ether oxygens (including phenoxy) is 1. The van der Waals surface area contributed by atoms with Gasteiger partial charge < -0.3 is 9.72 Å². The summed E-state index contributed by atoms with van der Waals surface area (Å²) in [7, 11) is -3.74. The highest BCUT2D eigenvalue weighted by Gasteiger charge is 2.24. The zero-order valence-electron chi connectivity index (χ0n) is 18.5. The van der Waals surface area contributed by atoms with Crippen molar-refractivity contribution in [3.63, 3.8) is 0 Å². The van der Waals surface area contributed by atoms with Gasteiger partial charge in [-0.2, -0.15) is 0 Å². The van der Waals surface area contributed by atoms with E-state index >= 15 is 0 Å². The van der Waals surface area contributed by atoms with E-state index in [0.717, 1.165) is 0 Å². The molecule has 0 radical (unpaired) electrons. The minimum atomic E-state index is -3.74. The average Bonchev–Trinajstić information content (AvgIpc) is 3.07. The van der Waals surface area contributed by atoms with Gasteiger partial charge in [0.05, 0.1) is 16.3 Å². The third kappa shape index (κ3) is 4.60. The first-order valence-electron chi connectivity index (χ1n) is 10.2. The number of benzene rings is 2. The van der Waals surface area contributed by atoms with Crippen molar-refractivity contribution in [1.82, 2.24) is 4.98 Å². The normalized spacial score (nSPS) is 11.2. The number of nitrogens with zero attached hydrogens (tertiary/aromatic N) is 1. The number of anilines is 1. The highest BCUT2D eigenvalue weighted by molar-refractivity contribution is 7.92. The molecule has 0 saturated carbocycles. The van der Waals surface area contributed by atoms with Crippen molar-refractivity contribution in [1.29, 1.82) is 0 Å². The molecule has 0 aliphatic rings. The summed E-state index contributed by atoms with van der Waals surface area (Å²) in [5.74, 6) is -0.0338. The Hall–Kier alpha value is -3.39. The van der Waals surface area contributed by atoms with Crippen molar-refractivity contribution in [2.75, 3.05) is 17.5 Å². The highest BCUT2D eigenvalue weighted by atomic mass is 32.2. The molecule has 168 valence electrons. The molecule has 7 nitrogen and oxygen atoms in total. The van der Waals surface area contributed by atoms with Gasteiger partial charge in [0.25, 0.3) is 10.0 Å². The maximum atomic E-state index is 13.1. The van der Waals surface area contributed by atoms with E-state index in [9.17, 15) is 18.0 Å². The van der Waals surface area contributed by atoms with Crippen molar-refractivity contribution in [3.05, 3.63) is 77.1 Å². The van der Waals surface area contributed by atoms with E-state index in [1.807, 2.05) is 6.07 Å². The summed E-state index contributed by atoms with van der Waals surface area (Å²) < 4.78 is 33.0. The molecule has 2 aromatic carbocycles. The smallest absolute Gasteiger partial charge is 0.264 e. The van der Waals surface area contributed by atoms with Gasteiger partial charge in [0, 0.05) is 17.8 Å². The highest BCUT2D eigenvalue weighted by Crippen LogP contribution is 2.25. The Morgan fingerprint density at radius 1 is 1.00 bits per heavy atom. The molecular formula is C24H26N2O5S. The third-order valence-corrected chi connectivity index (χ3v) is 7.10. The number of ketones is 2. The lowest BCUT2D eigenvalue weighted by atomic mass is 10.1. The summed E-state index contributed by atoms with van der Waals surface area (Å²) >= 11 is 0. The lowest BCUT2D eigenvalue weighted by molar-refractivity contribution is 0.0916. The predicted octanol–water partition coefficient (Wildman–Crippen LogP) is 4.31. The summed E-state index contributed by atoms with van der Waals surface area (Å²) in [6, 6.07) is 14.8. The lowest BCUT2D eigenvalue weighted by Crippen LogP contribution is -2.30. The van der Waals surface area contributed by atoms with Crippen LogP contribution < -0.4 is 9.04 Å². The second-order valence-corrected chi connectivity index (χ2v) is 9.23. The number of aromatic amines is 1. The molecule has 0 atom stereocenters. The quantitative estimate of drug-likeness (QED) is 0.486.